The molecule has 21 heavy (non-hydrogen) atoms. The molecule has 0 saturated heterocycles. The van der Waals surface area contributed by atoms with Crippen LogP contribution in [-0.4, -0.2) is 26.4 Å². The highest BCUT2D eigenvalue weighted by Gasteiger charge is 2.10. The molecule has 0 fully saturated rings. The van der Waals surface area contributed by atoms with E-state index in [9.17, 15) is 0 Å². The Morgan fingerprint density at radius 1 is 1.10 bits per heavy atom. The van der Waals surface area contributed by atoms with Gasteiger partial charge in [0.15, 0.2) is 0 Å². The Hall–Kier alpha value is -1.78. The molecule has 1 aromatic carbocycles. The number of furan rings is 1. The van der Waals surface area contributed by atoms with E-state index in [2.05, 4.69) is 19.2 Å². The molecule has 4 heteroatoms. The molecule has 4 nitrogen and oxygen atoms in total. The van der Waals surface area contributed by atoms with E-state index in [4.69, 9.17) is 13.9 Å². The molecule has 0 atom stereocenters. The van der Waals surface area contributed by atoms with Gasteiger partial charge in [-0.15, -0.1) is 0 Å². The van der Waals surface area contributed by atoms with E-state index in [0.29, 0.717) is 19.3 Å². The third kappa shape index (κ3) is 4.62. The van der Waals surface area contributed by atoms with Gasteiger partial charge in [0.2, 0.25) is 0 Å². The lowest BCUT2D eigenvalue weighted by atomic mass is 10.1. The van der Waals surface area contributed by atoms with Crippen LogP contribution in [0.15, 0.2) is 40.8 Å². The van der Waals surface area contributed by atoms with Gasteiger partial charge in [-0.1, -0.05) is 26.0 Å². The maximum absolute atomic E-state index is 5.89. The summed E-state index contributed by atoms with van der Waals surface area (Å²) in [5.41, 5.74) is 0.962. The Bertz CT molecular complexity index is 548. The summed E-state index contributed by atoms with van der Waals surface area (Å²) in [5.74, 6) is 2.56. The first kappa shape index (κ1) is 15.6. The van der Waals surface area contributed by atoms with Crippen molar-refractivity contribution in [1.29, 1.82) is 0 Å². The lowest BCUT2D eigenvalue weighted by molar-refractivity contribution is 0.146. The maximum atomic E-state index is 5.89. The highest BCUT2D eigenvalue weighted by molar-refractivity contribution is 5.65. The van der Waals surface area contributed by atoms with Crippen molar-refractivity contribution in [2.45, 2.75) is 26.4 Å². The summed E-state index contributed by atoms with van der Waals surface area (Å²) in [7, 11) is 1.66. The van der Waals surface area contributed by atoms with E-state index in [1.54, 1.807) is 7.11 Å². The van der Waals surface area contributed by atoms with Gasteiger partial charge >= 0.3 is 0 Å². The molecule has 114 valence electrons. The zero-order valence-corrected chi connectivity index (χ0v) is 12.9. The van der Waals surface area contributed by atoms with Crippen LogP contribution in [0.2, 0.25) is 0 Å². The molecule has 0 amide bonds. The summed E-state index contributed by atoms with van der Waals surface area (Å²) in [6.45, 7) is 6.04. The Morgan fingerprint density at radius 3 is 2.67 bits per heavy atom. The quantitative estimate of drug-likeness (QED) is 0.756. The van der Waals surface area contributed by atoms with E-state index in [0.717, 1.165) is 29.4 Å². The molecule has 0 unspecified atom stereocenters. The second kappa shape index (κ2) is 7.86. The van der Waals surface area contributed by atoms with Crippen LogP contribution >= 0.6 is 0 Å². The first-order chi connectivity index (χ1) is 10.2. The van der Waals surface area contributed by atoms with Crippen molar-refractivity contribution in [2.75, 3.05) is 20.3 Å². The SMILES string of the molecule is COCCOc1ccccc1-c1ccc(CNC(C)C)o1. The molecule has 1 heterocycles. The molecule has 0 saturated carbocycles. The minimum Gasteiger partial charge on any atom is -0.490 e. The molecule has 1 aromatic heterocycles. The molecule has 1 N–H and O–H groups in total. The highest BCUT2D eigenvalue weighted by atomic mass is 16.5. The summed E-state index contributed by atoms with van der Waals surface area (Å²) in [6, 6.07) is 12.3. The molecule has 0 aliphatic heterocycles. The van der Waals surface area contributed by atoms with E-state index >= 15 is 0 Å². The molecular formula is C17H23NO3. The van der Waals surface area contributed by atoms with Gasteiger partial charge in [-0.25, -0.2) is 0 Å². The number of hydrogen-bond donors (Lipinski definition) is 1. The second-order valence-corrected chi connectivity index (χ2v) is 5.14. The lowest BCUT2D eigenvalue weighted by Crippen LogP contribution is -2.21. The van der Waals surface area contributed by atoms with E-state index < -0.39 is 0 Å². The highest BCUT2D eigenvalue weighted by Crippen LogP contribution is 2.31. The maximum Gasteiger partial charge on any atom is 0.138 e. The Morgan fingerprint density at radius 2 is 1.90 bits per heavy atom. The number of benzene rings is 1. The largest absolute Gasteiger partial charge is 0.490 e. The van der Waals surface area contributed by atoms with Crippen LogP contribution in [-0.2, 0) is 11.3 Å². The first-order valence-corrected chi connectivity index (χ1v) is 7.24. The zero-order valence-electron chi connectivity index (χ0n) is 12.9. The van der Waals surface area contributed by atoms with Crippen molar-refractivity contribution in [1.82, 2.24) is 5.32 Å². The third-order valence-electron chi connectivity index (χ3n) is 3.04. The standard InChI is InChI=1S/C17H23NO3/c1-13(2)18-12-14-8-9-17(21-14)15-6-4-5-7-16(15)20-11-10-19-3/h4-9,13,18H,10-12H2,1-3H3. The van der Waals surface area contributed by atoms with Crippen LogP contribution in [0.1, 0.15) is 19.6 Å². The monoisotopic (exact) mass is 289 g/mol. The van der Waals surface area contributed by atoms with Crippen molar-refractivity contribution in [3.63, 3.8) is 0 Å². The molecule has 2 rings (SSSR count). The van der Waals surface area contributed by atoms with Crippen molar-refractivity contribution >= 4 is 0 Å². The van der Waals surface area contributed by atoms with E-state index in [1.807, 2.05) is 36.4 Å². The van der Waals surface area contributed by atoms with Crippen LogP contribution < -0.4 is 10.1 Å². The van der Waals surface area contributed by atoms with Gasteiger partial charge in [-0.3, -0.25) is 0 Å². The fourth-order valence-electron chi connectivity index (χ4n) is 1.95. The molecule has 0 aliphatic rings. The van der Waals surface area contributed by atoms with Crippen LogP contribution in [0.4, 0.5) is 0 Å². The zero-order chi connectivity index (χ0) is 15.1. The second-order valence-electron chi connectivity index (χ2n) is 5.14. The first-order valence-electron chi connectivity index (χ1n) is 7.24. The van der Waals surface area contributed by atoms with Gasteiger partial charge in [0.1, 0.15) is 23.9 Å². The summed E-state index contributed by atoms with van der Waals surface area (Å²) >= 11 is 0. The van der Waals surface area contributed by atoms with Crippen LogP contribution in [0.3, 0.4) is 0 Å². The minimum atomic E-state index is 0.434. The summed E-state index contributed by atoms with van der Waals surface area (Å²) < 4.78 is 16.6. The fraction of sp³-hybridized carbons (Fsp3) is 0.412. The van der Waals surface area contributed by atoms with Crippen LogP contribution in [0, 0.1) is 0 Å². The predicted molar refractivity (Wildman–Crippen MR) is 83.5 cm³/mol. The van der Waals surface area contributed by atoms with Crippen LogP contribution in [0.5, 0.6) is 5.75 Å². The Labute approximate surface area is 126 Å². The van der Waals surface area contributed by atoms with Crippen molar-refractivity contribution in [2.24, 2.45) is 0 Å². The van der Waals surface area contributed by atoms with E-state index in [1.165, 1.54) is 0 Å². The Kier molecular flexibility index (Phi) is 5.84. The third-order valence-corrected chi connectivity index (χ3v) is 3.04. The summed E-state index contributed by atoms with van der Waals surface area (Å²) in [6.07, 6.45) is 0. The van der Waals surface area contributed by atoms with Gasteiger partial charge in [-0.2, -0.15) is 0 Å². The number of para-hydroxylation sites is 1. The minimum absolute atomic E-state index is 0.434. The summed E-state index contributed by atoms with van der Waals surface area (Å²) in [4.78, 5) is 0. The number of hydrogen-bond acceptors (Lipinski definition) is 4. The van der Waals surface area contributed by atoms with Gasteiger partial charge in [0.25, 0.3) is 0 Å². The van der Waals surface area contributed by atoms with Crippen molar-refractivity contribution in [3.05, 3.63) is 42.2 Å². The predicted octanol–water partition coefficient (Wildman–Crippen LogP) is 3.47. The molecular weight excluding hydrogens is 266 g/mol. The van der Waals surface area contributed by atoms with Crippen molar-refractivity contribution in [3.8, 4) is 17.1 Å². The smallest absolute Gasteiger partial charge is 0.138 e. The number of rotatable bonds is 8. The average molecular weight is 289 g/mol. The lowest BCUT2D eigenvalue weighted by Gasteiger charge is -2.09. The number of methoxy groups -OCH3 is 1. The Balaban J connectivity index is 2.10. The topological polar surface area (TPSA) is 43.6 Å². The van der Waals surface area contributed by atoms with Crippen LogP contribution in [0.25, 0.3) is 11.3 Å². The number of nitrogens with one attached hydrogen (secondary N) is 1. The van der Waals surface area contributed by atoms with Gasteiger partial charge in [0.05, 0.1) is 18.7 Å². The van der Waals surface area contributed by atoms with Gasteiger partial charge in [-0.05, 0) is 24.3 Å². The molecule has 0 aliphatic carbocycles. The fourth-order valence-corrected chi connectivity index (χ4v) is 1.95. The van der Waals surface area contributed by atoms with Gasteiger partial charge < -0.3 is 19.2 Å². The molecule has 2 aromatic rings. The van der Waals surface area contributed by atoms with E-state index in [-0.39, 0.29) is 0 Å². The normalized spacial score (nSPS) is 11.0. The summed E-state index contributed by atoms with van der Waals surface area (Å²) in [5, 5.41) is 3.34. The van der Waals surface area contributed by atoms with Gasteiger partial charge in [0, 0.05) is 13.2 Å². The molecule has 0 bridgehead atoms. The molecule has 0 radical (unpaired) electrons. The average Bonchev–Trinajstić information content (AvgIpc) is 2.95. The number of ether oxygens (including phenoxy) is 2. The van der Waals surface area contributed by atoms with Crippen molar-refractivity contribution < 1.29 is 13.9 Å². The molecule has 0 spiro atoms.